The molecule has 0 bridgehead atoms. The summed E-state index contributed by atoms with van der Waals surface area (Å²) in [7, 11) is 1.66. The van der Waals surface area contributed by atoms with Gasteiger partial charge in [-0.3, -0.25) is 9.89 Å². The van der Waals surface area contributed by atoms with Crippen molar-refractivity contribution in [1.82, 2.24) is 14.8 Å². The highest BCUT2D eigenvalue weighted by Gasteiger charge is 2.24. The first-order valence-corrected chi connectivity index (χ1v) is 8.93. The fourth-order valence-electron chi connectivity index (χ4n) is 3.44. The van der Waals surface area contributed by atoms with Crippen molar-refractivity contribution >= 4 is 21.6 Å². The van der Waals surface area contributed by atoms with E-state index in [0.717, 1.165) is 51.2 Å². The van der Waals surface area contributed by atoms with E-state index in [0.29, 0.717) is 5.13 Å². The van der Waals surface area contributed by atoms with Crippen LogP contribution in [0.3, 0.4) is 0 Å². The summed E-state index contributed by atoms with van der Waals surface area (Å²) in [6, 6.07) is 13.8. The summed E-state index contributed by atoms with van der Waals surface area (Å²) >= 11 is 1.52. The zero-order chi connectivity index (χ0) is 17.0. The van der Waals surface area contributed by atoms with E-state index in [1.54, 1.807) is 11.8 Å². The first kappa shape index (κ1) is 14.5. The van der Waals surface area contributed by atoms with Gasteiger partial charge in [-0.15, -0.1) is 0 Å². The van der Waals surface area contributed by atoms with Crippen LogP contribution >= 0.6 is 11.3 Å². The average molecular weight is 349 g/mol. The Morgan fingerprint density at radius 2 is 2.08 bits per heavy atom. The van der Waals surface area contributed by atoms with Crippen molar-refractivity contribution in [3.8, 4) is 22.0 Å². The first-order chi connectivity index (χ1) is 12.2. The monoisotopic (exact) mass is 349 g/mol. The summed E-state index contributed by atoms with van der Waals surface area (Å²) in [5, 5.41) is 3.95. The molecule has 0 aliphatic heterocycles. The maximum atomic E-state index is 13.1. The molecule has 0 fully saturated rings. The van der Waals surface area contributed by atoms with E-state index >= 15 is 0 Å². The second-order valence-corrected chi connectivity index (χ2v) is 7.10. The maximum absolute atomic E-state index is 13.1. The van der Waals surface area contributed by atoms with Gasteiger partial charge >= 0.3 is 0 Å². The molecule has 0 radical (unpaired) electrons. The van der Waals surface area contributed by atoms with E-state index in [2.05, 4.69) is 10.1 Å². The summed E-state index contributed by atoms with van der Waals surface area (Å²) in [6.07, 6.45) is 1.70. The van der Waals surface area contributed by atoms with E-state index in [9.17, 15) is 4.79 Å². The van der Waals surface area contributed by atoms with Crippen LogP contribution in [0.25, 0.3) is 26.5 Å². The minimum atomic E-state index is -0.0415. The third-order valence-electron chi connectivity index (χ3n) is 4.67. The molecule has 2 aromatic carbocycles. The van der Waals surface area contributed by atoms with Crippen LogP contribution < -0.4 is 10.3 Å². The topological polar surface area (TPSA) is 59.9 Å². The minimum Gasteiger partial charge on any atom is -0.497 e. The van der Waals surface area contributed by atoms with Gasteiger partial charge in [-0.05, 0) is 48.2 Å². The molecular formula is C19H15N3O2S. The molecule has 1 aliphatic rings. The van der Waals surface area contributed by atoms with Gasteiger partial charge in [0.05, 0.1) is 22.9 Å². The molecule has 0 atom stereocenters. The number of methoxy groups -OCH3 is 1. The van der Waals surface area contributed by atoms with Gasteiger partial charge in [0, 0.05) is 5.69 Å². The van der Waals surface area contributed by atoms with Crippen molar-refractivity contribution < 1.29 is 4.74 Å². The SMILES string of the molecule is COc1ccc2c(c1)CCc1[nH]n(-c3nc4ccccc4s3)c(=O)c1-2. The van der Waals surface area contributed by atoms with Gasteiger partial charge in [0.25, 0.3) is 5.56 Å². The highest BCUT2D eigenvalue weighted by molar-refractivity contribution is 7.20. The Kier molecular flexibility index (Phi) is 3.08. The van der Waals surface area contributed by atoms with Crippen molar-refractivity contribution in [2.75, 3.05) is 7.11 Å². The number of hydrogen-bond acceptors (Lipinski definition) is 4. The third-order valence-corrected chi connectivity index (χ3v) is 5.69. The lowest BCUT2D eigenvalue weighted by molar-refractivity contribution is 0.414. The van der Waals surface area contributed by atoms with Gasteiger partial charge in [-0.2, -0.15) is 4.68 Å². The Morgan fingerprint density at radius 1 is 1.20 bits per heavy atom. The molecule has 2 heterocycles. The normalized spacial score (nSPS) is 12.8. The molecule has 0 amide bonds. The average Bonchev–Trinajstić information content (AvgIpc) is 3.22. The fourth-order valence-corrected chi connectivity index (χ4v) is 4.36. The van der Waals surface area contributed by atoms with Gasteiger partial charge in [0.15, 0.2) is 0 Å². The largest absolute Gasteiger partial charge is 0.497 e. The van der Waals surface area contributed by atoms with Crippen LogP contribution in [0.2, 0.25) is 0 Å². The van der Waals surface area contributed by atoms with Gasteiger partial charge in [-0.25, -0.2) is 4.98 Å². The standard InChI is InChI=1S/C19H15N3O2S/c1-24-12-7-8-13-11(10-12)6-9-15-17(13)18(23)22(21-15)19-20-14-4-2-3-5-16(14)25-19/h2-5,7-8,10,21H,6,9H2,1H3. The summed E-state index contributed by atoms with van der Waals surface area (Å²) in [6.45, 7) is 0. The van der Waals surface area contributed by atoms with Crippen LogP contribution in [-0.4, -0.2) is 21.9 Å². The molecule has 5 nitrogen and oxygen atoms in total. The zero-order valence-electron chi connectivity index (χ0n) is 13.6. The zero-order valence-corrected chi connectivity index (χ0v) is 14.4. The summed E-state index contributed by atoms with van der Waals surface area (Å²) in [4.78, 5) is 17.7. The van der Waals surface area contributed by atoms with Gasteiger partial charge in [0.2, 0.25) is 5.13 Å². The number of nitrogens with one attached hydrogen (secondary N) is 1. The van der Waals surface area contributed by atoms with Gasteiger partial charge in [0.1, 0.15) is 5.75 Å². The molecular weight excluding hydrogens is 334 g/mol. The van der Waals surface area contributed by atoms with Crippen molar-refractivity contribution in [2.24, 2.45) is 0 Å². The number of ether oxygens (including phenoxy) is 1. The molecule has 25 heavy (non-hydrogen) atoms. The molecule has 0 unspecified atom stereocenters. The van der Waals surface area contributed by atoms with Crippen LogP contribution in [0.5, 0.6) is 5.75 Å². The number of rotatable bonds is 2. The van der Waals surface area contributed by atoms with Crippen molar-refractivity contribution in [3.63, 3.8) is 0 Å². The van der Waals surface area contributed by atoms with Crippen molar-refractivity contribution in [2.45, 2.75) is 12.8 Å². The number of aryl methyl sites for hydroxylation is 2. The van der Waals surface area contributed by atoms with Crippen LogP contribution in [0.1, 0.15) is 11.3 Å². The second-order valence-electron chi connectivity index (χ2n) is 6.09. The molecule has 0 spiro atoms. The molecule has 5 rings (SSSR count). The van der Waals surface area contributed by atoms with Gasteiger partial charge < -0.3 is 4.74 Å². The van der Waals surface area contributed by atoms with Crippen LogP contribution in [0.15, 0.2) is 47.3 Å². The van der Waals surface area contributed by atoms with Crippen LogP contribution in [-0.2, 0) is 12.8 Å². The maximum Gasteiger partial charge on any atom is 0.281 e. The predicted molar refractivity (Wildman–Crippen MR) is 99.0 cm³/mol. The molecule has 2 aromatic heterocycles. The predicted octanol–water partition coefficient (Wildman–Crippen LogP) is 3.55. The number of benzene rings is 2. The Labute approximate surface area is 147 Å². The molecule has 1 N–H and O–H groups in total. The van der Waals surface area contributed by atoms with E-state index in [-0.39, 0.29) is 5.56 Å². The van der Waals surface area contributed by atoms with E-state index in [1.165, 1.54) is 11.3 Å². The number of nitrogens with zero attached hydrogens (tertiary/aromatic N) is 2. The summed E-state index contributed by atoms with van der Waals surface area (Å²) in [5.41, 5.74) is 4.74. The molecule has 6 heteroatoms. The Balaban J connectivity index is 1.70. The van der Waals surface area contributed by atoms with Crippen LogP contribution in [0.4, 0.5) is 0 Å². The number of aromatic nitrogens is 3. The van der Waals surface area contributed by atoms with E-state index < -0.39 is 0 Å². The number of hydrogen-bond donors (Lipinski definition) is 1. The van der Waals surface area contributed by atoms with Crippen molar-refractivity contribution in [1.29, 1.82) is 0 Å². The number of fused-ring (bicyclic) bond motifs is 4. The lowest BCUT2D eigenvalue weighted by Crippen LogP contribution is -2.16. The minimum absolute atomic E-state index is 0.0415. The number of aromatic amines is 1. The van der Waals surface area contributed by atoms with Crippen LogP contribution in [0, 0.1) is 0 Å². The Hall–Kier alpha value is -2.86. The van der Waals surface area contributed by atoms with E-state index in [1.807, 2.05) is 42.5 Å². The quantitative estimate of drug-likeness (QED) is 0.602. The molecule has 1 aliphatic carbocycles. The Morgan fingerprint density at radius 3 is 2.92 bits per heavy atom. The lowest BCUT2D eigenvalue weighted by Gasteiger charge is -2.15. The third kappa shape index (κ3) is 2.14. The molecule has 0 saturated heterocycles. The van der Waals surface area contributed by atoms with E-state index in [4.69, 9.17) is 4.74 Å². The van der Waals surface area contributed by atoms with Gasteiger partial charge in [-0.1, -0.05) is 29.5 Å². The Bertz CT molecular complexity index is 1140. The fraction of sp³-hybridized carbons (Fsp3) is 0.158. The first-order valence-electron chi connectivity index (χ1n) is 8.12. The molecule has 4 aromatic rings. The summed E-state index contributed by atoms with van der Waals surface area (Å²) in [5.74, 6) is 0.823. The highest BCUT2D eigenvalue weighted by atomic mass is 32.1. The lowest BCUT2D eigenvalue weighted by atomic mass is 9.90. The second kappa shape index (κ2) is 5.32. The molecule has 0 saturated carbocycles. The number of para-hydroxylation sites is 1. The smallest absolute Gasteiger partial charge is 0.281 e. The number of thiazole rings is 1. The number of H-pyrrole nitrogens is 1. The highest BCUT2D eigenvalue weighted by Crippen LogP contribution is 2.33. The van der Waals surface area contributed by atoms with Crippen molar-refractivity contribution in [3.05, 3.63) is 64.1 Å². The summed E-state index contributed by atoms with van der Waals surface area (Å²) < 4.78 is 7.96. The molecule has 124 valence electrons.